The Kier molecular flexibility index (Phi) is 21.7. The van der Waals surface area contributed by atoms with Crippen LogP contribution in [-0.4, -0.2) is 36.1 Å². The third kappa shape index (κ3) is 17.1. The zero-order valence-corrected chi connectivity index (χ0v) is 53.0. The minimum absolute atomic E-state index is 0. The molecule has 4 nitrogen and oxygen atoms in total. The van der Waals surface area contributed by atoms with Gasteiger partial charge in [0.1, 0.15) is 18.8 Å². The summed E-state index contributed by atoms with van der Waals surface area (Å²) in [6, 6.07) is -4.11. The van der Waals surface area contributed by atoms with Crippen molar-refractivity contribution in [2.75, 3.05) is 18.1 Å². The molecule has 0 unspecified atom stereocenters. The van der Waals surface area contributed by atoms with Crippen LogP contribution in [0.5, 0.6) is 0 Å². The van der Waals surface area contributed by atoms with Crippen LogP contribution >= 0.6 is 0 Å². The van der Waals surface area contributed by atoms with Crippen molar-refractivity contribution in [3.8, 4) is 0 Å². The summed E-state index contributed by atoms with van der Waals surface area (Å²) in [6.45, 7) is 11.6. The molecule has 5 aromatic rings. The molecule has 0 saturated heterocycles. The normalized spacial score (nSPS) is 21.9. The van der Waals surface area contributed by atoms with Gasteiger partial charge in [0, 0.05) is 50.2 Å². The molecule has 5 aromatic carbocycles. The number of halogens is 24. The van der Waals surface area contributed by atoms with Gasteiger partial charge in [0.15, 0.2) is 5.90 Å². The van der Waals surface area contributed by atoms with Gasteiger partial charge in [0.2, 0.25) is 6.67 Å². The van der Waals surface area contributed by atoms with Crippen LogP contribution in [0.2, 0.25) is 0 Å². The van der Waals surface area contributed by atoms with E-state index in [9.17, 15) is 105 Å². The standard InChI is InChI=1S/C32H12BF24.C26H33N3O.C8H12.Ir/c34-25(35,36)13-1-14(26(37,38)39)6-21(5-13)33(22-7-15(27(40,41)42)2-16(8-22)28(43,44)45,23-9-17(29(46,47)48)3-18(10-23)30(49,50)51)24-11-19(31(52,53)54)4-20(12-24)32(55,56)57;1-17-6-18(2)24(19(3)7-17)29-5-4-28(16-29)14-23-15-30-25(27-23)26-11-20-8-21(12-26)10-22(9-20)13-26;1-2-4-6-8-7-5-3-1;/h1-12H;4-7,20-23H,8-15H2,1-3H3;1-2,7-8H,3-6H2;/q-1;;;/t;20?,21?,22?,23-,26?;;/m.1../s1. The van der Waals surface area contributed by atoms with Gasteiger partial charge < -0.3 is 14.5 Å². The fraction of sp³-hybridized carbons (Fsp3) is 0.424. The van der Waals surface area contributed by atoms with Gasteiger partial charge in [0.25, 0.3) is 0 Å². The zero-order chi connectivity index (χ0) is 70.0. The number of hydrogen-bond acceptors (Lipinski definition) is 4. The molecule has 5 aliphatic carbocycles. The van der Waals surface area contributed by atoms with E-state index in [-0.39, 0.29) is 31.6 Å². The molecule has 12 rings (SSSR count). The van der Waals surface area contributed by atoms with Crippen LogP contribution in [-0.2, 0) is 74.3 Å². The first-order valence-corrected chi connectivity index (χ1v) is 29.7. The van der Waals surface area contributed by atoms with Crippen molar-refractivity contribution in [2.24, 2.45) is 28.2 Å². The minimum Gasteiger partial charge on any atom is -0.478 e. The van der Waals surface area contributed by atoms with Crippen molar-refractivity contribution in [1.82, 2.24) is 4.90 Å². The summed E-state index contributed by atoms with van der Waals surface area (Å²) in [6.07, 6.45) is -28.2. The molecule has 5 saturated carbocycles. The Morgan fingerprint density at radius 1 is 0.427 bits per heavy atom. The Balaban J connectivity index is 0.000000247. The topological polar surface area (TPSA) is 28.1 Å². The maximum atomic E-state index is 14.2. The van der Waals surface area contributed by atoms with Gasteiger partial charge >= 0.3 is 49.4 Å². The smallest absolute Gasteiger partial charge is 0.416 e. The largest absolute Gasteiger partial charge is 0.478 e. The fourth-order valence-corrected chi connectivity index (χ4v) is 14.5. The molecule has 30 heteroatoms. The van der Waals surface area contributed by atoms with Gasteiger partial charge in [-0.3, -0.25) is 0 Å². The van der Waals surface area contributed by atoms with Crippen molar-refractivity contribution < 1.29 is 130 Å². The van der Waals surface area contributed by atoms with Gasteiger partial charge in [-0.15, -0.1) is 0 Å². The van der Waals surface area contributed by atoms with Crippen LogP contribution in [0.4, 0.5) is 111 Å². The van der Waals surface area contributed by atoms with Crippen LogP contribution < -0.4 is 26.8 Å². The number of benzene rings is 5. The van der Waals surface area contributed by atoms with Gasteiger partial charge in [-0.25, -0.2) is 4.99 Å². The molecule has 1 atom stereocenters. The van der Waals surface area contributed by atoms with Gasteiger partial charge in [-0.05, 0) is 164 Å². The fourth-order valence-electron chi connectivity index (χ4n) is 14.5. The summed E-state index contributed by atoms with van der Waals surface area (Å²) >= 11 is 0. The number of nitrogens with zero attached hydrogens (tertiary/aromatic N) is 3. The third-order valence-corrected chi connectivity index (χ3v) is 17.9. The Morgan fingerprint density at radius 2 is 0.708 bits per heavy atom. The molecular weight excluding hydrogens is 1510 g/mol. The first-order valence-electron chi connectivity index (χ1n) is 29.7. The molecule has 5 fully saturated rings. The molecule has 96 heavy (non-hydrogen) atoms. The zero-order valence-electron chi connectivity index (χ0n) is 50.6. The van der Waals surface area contributed by atoms with E-state index in [0.717, 1.165) is 36.8 Å². The summed E-state index contributed by atoms with van der Waals surface area (Å²) in [7, 11) is 0. The quantitative estimate of drug-likeness (QED) is 0.114. The molecule has 2 heterocycles. The summed E-state index contributed by atoms with van der Waals surface area (Å²) in [4.78, 5) is 9.43. The second-order valence-corrected chi connectivity index (χ2v) is 25.1. The molecular formula is C66H57BF24IrN3O-. The van der Waals surface area contributed by atoms with Crippen molar-refractivity contribution in [3.63, 3.8) is 0 Å². The molecule has 7 aliphatic rings. The summed E-state index contributed by atoms with van der Waals surface area (Å²) in [5.41, 5.74) is -24.8. The van der Waals surface area contributed by atoms with Gasteiger partial charge in [-0.1, -0.05) is 66.2 Å². The Morgan fingerprint density at radius 3 is 0.979 bits per heavy atom. The SMILES string of the molecule is Cc1cc(C)c(N2[C]N(C[C@@H]3COC(C45CC6CC(CC(C6)C4)C5)=N3)C=C2)c(C)c1.FC(F)(F)c1cc([B-](c2cc(C(F)(F)F)cc(C(F)(F)F)c2)(c2cc(C(F)(F)F)cc(C(F)(F)F)c2)c2cc(C(F)(F)F)cc(C(F)(F)F)c2)cc(C(F)(F)F)c1.[CH]1[CH]CC[CH][CH]CC1.[Ir]. The average molecular weight is 1570 g/mol. The number of anilines is 1. The van der Waals surface area contributed by atoms with Crippen molar-refractivity contribution in [1.29, 1.82) is 0 Å². The minimum atomic E-state index is -6.13. The number of rotatable bonds is 8. The van der Waals surface area contributed by atoms with E-state index in [1.807, 2.05) is 0 Å². The molecule has 0 aromatic heterocycles. The number of alkyl halides is 24. The molecule has 523 valence electrons. The summed E-state index contributed by atoms with van der Waals surface area (Å²) in [5, 5.41) is 0. The molecule has 0 N–H and O–H groups in total. The van der Waals surface area contributed by atoms with Crippen LogP contribution in [0, 0.1) is 76.3 Å². The number of aryl methyl sites for hydroxylation is 3. The first-order chi connectivity index (χ1) is 43.7. The van der Waals surface area contributed by atoms with E-state index in [1.165, 1.54) is 86.6 Å². The Bertz CT molecular complexity index is 3130. The predicted octanol–water partition coefficient (Wildman–Crippen LogP) is 18.8. The van der Waals surface area contributed by atoms with E-state index < -0.39 is 195 Å². The van der Waals surface area contributed by atoms with Crippen molar-refractivity contribution in [3.05, 3.63) is 191 Å². The molecule has 7 radical (unpaired) electrons. The number of aliphatic imine (C=N–C) groups is 1. The summed E-state index contributed by atoms with van der Waals surface area (Å²) in [5.74, 6) is 3.90. The number of ether oxygens (including phenoxy) is 1. The maximum absolute atomic E-state index is 14.2. The second-order valence-electron chi connectivity index (χ2n) is 25.1. The van der Waals surface area contributed by atoms with E-state index in [0.29, 0.717) is 0 Å². The monoisotopic (exact) mass is 1570 g/mol. The van der Waals surface area contributed by atoms with Crippen LogP contribution in [0.15, 0.2) is 102 Å². The molecule has 2 aliphatic heterocycles. The van der Waals surface area contributed by atoms with Crippen molar-refractivity contribution in [2.45, 2.75) is 140 Å². The van der Waals surface area contributed by atoms with E-state index in [1.54, 1.807) is 0 Å². The maximum Gasteiger partial charge on any atom is 0.416 e. The Hall–Kier alpha value is -6.06. The first kappa shape index (κ1) is 75.7. The van der Waals surface area contributed by atoms with Crippen LogP contribution in [0.3, 0.4) is 0 Å². The summed E-state index contributed by atoms with van der Waals surface area (Å²) < 4.78 is 347. The van der Waals surface area contributed by atoms with Crippen LogP contribution in [0.1, 0.15) is 125 Å². The molecule has 0 spiro atoms. The van der Waals surface area contributed by atoms with Gasteiger partial charge in [-0.2, -0.15) is 127 Å². The average Bonchev–Trinajstić information content (AvgIpc) is 0.775. The number of hydrogen-bond donors (Lipinski definition) is 0. The third-order valence-electron chi connectivity index (χ3n) is 17.9. The van der Waals surface area contributed by atoms with Crippen molar-refractivity contribution >= 4 is 39.6 Å². The molecule has 4 bridgehead atoms. The van der Waals surface area contributed by atoms with E-state index >= 15 is 0 Å². The van der Waals surface area contributed by atoms with Crippen LogP contribution in [0.25, 0.3) is 0 Å². The van der Waals surface area contributed by atoms with E-state index in [2.05, 4.69) is 87.5 Å². The van der Waals surface area contributed by atoms with E-state index in [4.69, 9.17) is 9.73 Å². The molecule has 0 amide bonds. The predicted molar refractivity (Wildman–Crippen MR) is 306 cm³/mol. The second kappa shape index (κ2) is 27.6. The van der Waals surface area contributed by atoms with Gasteiger partial charge in [0.05, 0.1) is 44.5 Å². The Labute approximate surface area is 550 Å².